The Bertz CT molecular complexity index is 893. The van der Waals surface area contributed by atoms with E-state index in [9.17, 15) is 4.79 Å². The third kappa shape index (κ3) is 3.12. The van der Waals surface area contributed by atoms with Crippen molar-refractivity contribution < 1.29 is 9.53 Å². The van der Waals surface area contributed by atoms with Crippen LogP contribution in [0, 0.1) is 23.7 Å². The van der Waals surface area contributed by atoms with Crippen LogP contribution in [-0.2, 0) is 30.5 Å². The lowest BCUT2D eigenvalue weighted by Crippen LogP contribution is -2.29. The zero-order valence-corrected chi connectivity index (χ0v) is 15.9. The van der Waals surface area contributed by atoms with Crippen LogP contribution in [0.3, 0.4) is 0 Å². The van der Waals surface area contributed by atoms with Crippen molar-refractivity contribution in [3.63, 3.8) is 0 Å². The van der Waals surface area contributed by atoms with Crippen LogP contribution in [0.2, 0.25) is 0 Å². The Labute approximate surface area is 161 Å². The molecule has 0 saturated heterocycles. The highest BCUT2D eigenvalue weighted by molar-refractivity contribution is 5.77. The molecule has 2 aromatic carbocycles. The Hall–Kier alpha value is -2.35. The molecule has 0 aliphatic heterocycles. The Balaban J connectivity index is 1.41. The SMILES string of the molecule is C[C@H]1[C@H](C(=O)Oc2cc3ccc2CCc2ccc(cc2)CC3)[C@@H]2C=C[C@H]1C2. The first kappa shape index (κ1) is 16.8. The normalized spacial score (nSPS) is 28.2. The molecule has 0 spiro atoms. The molecule has 0 aromatic heterocycles. The molecule has 1 saturated carbocycles. The summed E-state index contributed by atoms with van der Waals surface area (Å²) in [5, 5.41) is 0. The molecule has 0 N–H and O–H groups in total. The van der Waals surface area contributed by atoms with Crippen LogP contribution in [0.1, 0.15) is 35.6 Å². The number of hydrogen-bond acceptors (Lipinski definition) is 2. The van der Waals surface area contributed by atoms with E-state index in [1.54, 1.807) is 0 Å². The van der Waals surface area contributed by atoms with Gasteiger partial charge in [-0.15, -0.1) is 0 Å². The van der Waals surface area contributed by atoms with Crippen LogP contribution in [-0.4, -0.2) is 5.97 Å². The van der Waals surface area contributed by atoms with Gasteiger partial charge in [-0.25, -0.2) is 0 Å². The summed E-state index contributed by atoms with van der Waals surface area (Å²) in [5.74, 6) is 2.08. The van der Waals surface area contributed by atoms with Crippen LogP contribution < -0.4 is 4.74 Å². The molecule has 2 nitrogen and oxygen atoms in total. The minimum absolute atomic E-state index is 0.0159. The minimum atomic E-state index is -0.0341. The number of fused-ring (bicyclic) bond motifs is 2. The van der Waals surface area contributed by atoms with Crippen molar-refractivity contribution >= 4 is 5.97 Å². The highest BCUT2D eigenvalue weighted by Gasteiger charge is 2.46. The van der Waals surface area contributed by atoms with E-state index in [-0.39, 0.29) is 11.9 Å². The van der Waals surface area contributed by atoms with E-state index < -0.39 is 0 Å². The van der Waals surface area contributed by atoms with E-state index in [1.165, 1.54) is 16.7 Å². The van der Waals surface area contributed by atoms with Gasteiger partial charge in [-0.1, -0.05) is 55.5 Å². The highest BCUT2D eigenvalue weighted by Crippen LogP contribution is 2.48. The Morgan fingerprint density at radius 1 is 0.852 bits per heavy atom. The van der Waals surface area contributed by atoms with Crippen LogP contribution in [0.5, 0.6) is 5.75 Å². The molecular weight excluding hydrogens is 332 g/mol. The zero-order valence-electron chi connectivity index (χ0n) is 15.9. The molecule has 1 fully saturated rings. The zero-order chi connectivity index (χ0) is 18.4. The van der Waals surface area contributed by atoms with Crippen molar-refractivity contribution in [3.05, 3.63) is 76.9 Å². The molecule has 0 amide bonds. The van der Waals surface area contributed by atoms with E-state index in [4.69, 9.17) is 4.74 Å². The summed E-state index contributed by atoms with van der Waals surface area (Å²) in [6.45, 7) is 2.20. The minimum Gasteiger partial charge on any atom is -0.426 e. The van der Waals surface area contributed by atoms with Crippen LogP contribution in [0.25, 0.3) is 0 Å². The number of ether oxygens (including phenoxy) is 1. The summed E-state index contributed by atoms with van der Waals surface area (Å²) in [6.07, 6.45) is 9.48. The first-order valence-electron chi connectivity index (χ1n) is 10.3. The lowest BCUT2D eigenvalue weighted by Gasteiger charge is -2.23. The fourth-order valence-electron chi connectivity index (χ4n) is 5.13. The first-order chi connectivity index (χ1) is 13.2. The van der Waals surface area contributed by atoms with Gasteiger partial charge in [0.2, 0.25) is 0 Å². The van der Waals surface area contributed by atoms with Crippen LogP contribution >= 0.6 is 0 Å². The van der Waals surface area contributed by atoms with Gasteiger partial charge >= 0.3 is 5.97 Å². The second-order valence-electron chi connectivity index (χ2n) is 8.51. The molecule has 27 heavy (non-hydrogen) atoms. The molecule has 6 aliphatic rings. The summed E-state index contributed by atoms with van der Waals surface area (Å²) < 4.78 is 6.04. The molecule has 4 atom stereocenters. The number of esters is 1. The Kier molecular flexibility index (Phi) is 4.15. The van der Waals surface area contributed by atoms with Crippen molar-refractivity contribution in [2.75, 3.05) is 0 Å². The number of aryl methyl sites for hydroxylation is 4. The summed E-state index contributed by atoms with van der Waals surface area (Å²) in [4.78, 5) is 13.0. The second-order valence-corrected chi connectivity index (χ2v) is 8.51. The second kappa shape index (κ2) is 6.67. The average molecular weight is 358 g/mol. The number of allylic oxidation sites excluding steroid dienone is 2. The predicted molar refractivity (Wildman–Crippen MR) is 107 cm³/mol. The number of benzene rings is 2. The third-order valence-electron chi connectivity index (χ3n) is 6.88. The van der Waals surface area contributed by atoms with Crippen molar-refractivity contribution in [3.8, 4) is 5.75 Å². The van der Waals surface area contributed by atoms with Gasteiger partial charge in [0.25, 0.3) is 0 Å². The van der Waals surface area contributed by atoms with Crippen molar-refractivity contribution in [1.29, 1.82) is 0 Å². The van der Waals surface area contributed by atoms with E-state index in [1.807, 2.05) is 0 Å². The molecule has 2 aromatic rings. The number of carbonyl (C=O) groups is 1. The quantitative estimate of drug-likeness (QED) is 0.432. The van der Waals surface area contributed by atoms with E-state index >= 15 is 0 Å². The van der Waals surface area contributed by atoms with E-state index in [2.05, 4.69) is 61.5 Å². The largest absolute Gasteiger partial charge is 0.426 e. The Morgan fingerprint density at radius 2 is 1.48 bits per heavy atom. The van der Waals surface area contributed by atoms with Gasteiger partial charge in [0, 0.05) is 0 Å². The molecular formula is C25H26O2. The van der Waals surface area contributed by atoms with Crippen molar-refractivity contribution in [1.82, 2.24) is 0 Å². The van der Waals surface area contributed by atoms with Gasteiger partial charge in [-0.3, -0.25) is 4.79 Å². The maximum Gasteiger partial charge on any atom is 0.315 e. The standard InChI is InChI=1S/C25H26O2/c1-16-21-12-13-22(15-21)24(16)25(26)27-23-14-19-7-6-17-2-4-18(5-3-17)8-10-20(23)11-9-19/h2-5,9,11-14,16,21-22,24H,6-8,10,15H2,1H3/t16-,21+,22-,24+/m1/s1. The molecule has 8 rings (SSSR count). The Morgan fingerprint density at radius 3 is 2.19 bits per heavy atom. The first-order valence-corrected chi connectivity index (χ1v) is 10.3. The molecule has 0 radical (unpaired) electrons. The number of carbonyl (C=O) groups excluding carboxylic acids is 1. The summed E-state index contributed by atoms with van der Waals surface area (Å²) in [7, 11) is 0. The van der Waals surface area contributed by atoms with Gasteiger partial charge in [-0.05, 0) is 78.2 Å². The van der Waals surface area contributed by atoms with Gasteiger partial charge in [-0.2, -0.15) is 0 Å². The monoisotopic (exact) mass is 358 g/mol. The predicted octanol–water partition coefficient (Wildman–Crippen LogP) is 4.93. The van der Waals surface area contributed by atoms with Gasteiger partial charge < -0.3 is 4.74 Å². The maximum absolute atomic E-state index is 13.0. The van der Waals surface area contributed by atoms with Crippen LogP contribution in [0.4, 0.5) is 0 Å². The van der Waals surface area contributed by atoms with E-state index in [0.717, 1.165) is 43.4 Å². The molecule has 138 valence electrons. The average Bonchev–Trinajstić information content (AvgIpc) is 3.26. The lowest BCUT2D eigenvalue weighted by atomic mass is 9.84. The van der Waals surface area contributed by atoms with Crippen molar-refractivity contribution in [2.45, 2.75) is 39.0 Å². The molecule has 2 heteroatoms. The number of hydrogen-bond donors (Lipinski definition) is 0. The fraction of sp³-hybridized carbons (Fsp3) is 0.400. The summed E-state index contributed by atoms with van der Waals surface area (Å²) in [5.41, 5.74) is 5.09. The molecule has 6 aliphatic carbocycles. The third-order valence-corrected chi connectivity index (χ3v) is 6.88. The van der Waals surface area contributed by atoms with Crippen molar-refractivity contribution in [2.24, 2.45) is 23.7 Å². The van der Waals surface area contributed by atoms with Gasteiger partial charge in [0.1, 0.15) is 5.75 Å². The van der Waals surface area contributed by atoms with Gasteiger partial charge in [0.15, 0.2) is 0 Å². The lowest BCUT2D eigenvalue weighted by molar-refractivity contribution is -0.141. The molecule has 6 bridgehead atoms. The molecule has 0 heterocycles. The van der Waals surface area contributed by atoms with Gasteiger partial charge in [0.05, 0.1) is 5.92 Å². The number of rotatable bonds is 2. The van der Waals surface area contributed by atoms with E-state index in [0.29, 0.717) is 17.8 Å². The smallest absolute Gasteiger partial charge is 0.315 e. The maximum atomic E-state index is 13.0. The highest BCUT2D eigenvalue weighted by atomic mass is 16.5. The summed E-state index contributed by atoms with van der Waals surface area (Å²) in [6, 6.07) is 15.4. The molecule has 0 unspecified atom stereocenters. The topological polar surface area (TPSA) is 26.3 Å². The fourth-order valence-corrected chi connectivity index (χ4v) is 5.13. The summed E-state index contributed by atoms with van der Waals surface area (Å²) >= 11 is 0. The van der Waals surface area contributed by atoms with Crippen LogP contribution in [0.15, 0.2) is 54.6 Å².